The van der Waals surface area contributed by atoms with Gasteiger partial charge in [-0.15, -0.1) is 0 Å². The lowest BCUT2D eigenvalue weighted by Gasteiger charge is -2.34. The molecule has 1 saturated heterocycles. The summed E-state index contributed by atoms with van der Waals surface area (Å²) < 4.78 is 23.1. The Balaban J connectivity index is 1.42. The fourth-order valence-corrected chi connectivity index (χ4v) is 5.66. The third-order valence-corrected chi connectivity index (χ3v) is 7.75. The summed E-state index contributed by atoms with van der Waals surface area (Å²) in [6, 6.07) is 11.9. The van der Waals surface area contributed by atoms with Gasteiger partial charge in [0.2, 0.25) is 0 Å². The lowest BCUT2D eigenvalue weighted by atomic mass is 10.1. The molecule has 1 fully saturated rings. The molecule has 10 nitrogen and oxygen atoms in total. The maximum atomic E-state index is 13.1. The molecule has 1 aliphatic heterocycles. The normalized spacial score (nSPS) is 16.3. The molecule has 3 heterocycles. The number of aromatic amines is 2. The molecule has 1 aliphatic rings. The molecular weight excluding hydrogens is 578 g/mol. The van der Waals surface area contributed by atoms with E-state index in [-0.39, 0.29) is 17.8 Å². The van der Waals surface area contributed by atoms with Gasteiger partial charge in [-0.3, -0.25) is 4.79 Å². The quantitative estimate of drug-likeness (QED) is 0.237. The zero-order chi connectivity index (χ0) is 28.2. The summed E-state index contributed by atoms with van der Waals surface area (Å²) in [5, 5.41) is 3.40. The van der Waals surface area contributed by atoms with Gasteiger partial charge in [-0.25, -0.2) is 4.98 Å². The molecule has 4 aromatic rings. The first kappa shape index (κ1) is 28.2. The third kappa shape index (κ3) is 5.87. The minimum atomic E-state index is -0.259. The number of halogens is 1. The number of methoxy groups -OCH3 is 3. The second-order valence-electron chi connectivity index (χ2n) is 9.73. The topological polar surface area (TPSA) is 114 Å². The first-order valence-corrected chi connectivity index (χ1v) is 13.9. The Labute approximate surface area is 241 Å². The molecule has 2 aromatic heterocycles. The van der Waals surface area contributed by atoms with E-state index in [1.54, 1.807) is 27.5 Å². The summed E-state index contributed by atoms with van der Waals surface area (Å²) in [6.45, 7) is 5.21. The Hall–Kier alpha value is -3.38. The Kier molecular flexibility index (Phi) is 8.75. The number of ether oxygens (including phenoxy) is 4. The zero-order valence-electron chi connectivity index (χ0n) is 23.0. The number of benzene rings is 2. The zero-order valence-corrected chi connectivity index (χ0v) is 24.6. The van der Waals surface area contributed by atoms with Crippen molar-refractivity contribution in [3.63, 3.8) is 0 Å². The van der Waals surface area contributed by atoms with E-state index in [1.165, 1.54) is 0 Å². The van der Waals surface area contributed by atoms with Crippen LogP contribution < -0.4 is 20.5 Å². The van der Waals surface area contributed by atoms with Gasteiger partial charge in [0.1, 0.15) is 17.1 Å². The van der Waals surface area contributed by atoms with Crippen LogP contribution in [0.15, 0.2) is 51.9 Å². The number of nitrogens with zero attached hydrogens (tertiary/aromatic N) is 2. The summed E-state index contributed by atoms with van der Waals surface area (Å²) in [4.78, 5) is 26.4. The molecule has 11 heteroatoms. The first-order valence-electron chi connectivity index (χ1n) is 13.1. The van der Waals surface area contributed by atoms with Crippen LogP contribution in [0.25, 0.3) is 22.4 Å². The van der Waals surface area contributed by atoms with Crippen molar-refractivity contribution in [2.75, 3.05) is 64.4 Å². The molecule has 0 amide bonds. The van der Waals surface area contributed by atoms with Gasteiger partial charge in [0, 0.05) is 45.7 Å². The van der Waals surface area contributed by atoms with Gasteiger partial charge in [0.05, 0.1) is 53.7 Å². The molecule has 1 unspecified atom stereocenters. The highest BCUT2D eigenvalue weighted by Gasteiger charge is 2.23. The van der Waals surface area contributed by atoms with Crippen LogP contribution in [0, 0.1) is 6.92 Å². The highest BCUT2D eigenvalue weighted by atomic mass is 79.9. The van der Waals surface area contributed by atoms with Crippen molar-refractivity contribution in [1.82, 2.24) is 15.0 Å². The van der Waals surface area contributed by atoms with Crippen molar-refractivity contribution < 1.29 is 18.9 Å². The second kappa shape index (κ2) is 12.4. The predicted octanol–water partition coefficient (Wildman–Crippen LogP) is 4.65. The number of imidazole rings is 1. The highest BCUT2D eigenvalue weighted by Crippen LogP contribution is 2.32. The molecule has 3 N–H and O–H groups in total. The number of morpholine rings is 1. The molecule has 2 atom stereocenters. The number of aryl methyl sites for hydroxylation is 1. The minimum Gasteiger partial charge on any atom is -0.496 e. The monoisotopic (exact) mass is 611 g/mol. The van der Waals surface area contributed by atoms with E-state index in [4.69, 9.17) is 23.9 Å². The number of hydrogen-bond donors (Lipinski definition) is 3. The first-order chi connectivity index (χ1) is 19.4. The molecule has 0 spiro atoms. The van der Waals surface area contributed by atoms with E-state index in [9.17, 15) is 4.79 Å². The predicted molar refractivity (Wildman–Crippen MR) is 160 cm³/mol. The molecule has 0 saturated carbocycles. The summed E-state index contributed by atoms with van der Waals surface area (Å²) in [5.41, 5.74) is 5.63. The summed E-state index contributed by atoms with van der Waals surface area (Å²) in [7, 11) is 4.98. The molecule has 5 rings (SSSR count). The Morgan fingerprint density at radius 1 is 1.23 bits per heavy atom. The smallest absolute Gasteiger partial charge is 0.261 e. The van der Waals surface area contributed by atoms with Crippen LogP contribution in [-0.2, 0) is 14.2 Å². The average molecular weight is 613 g/mol. The highest BCUT2D eigenvalue weighted by molar-refractivity contribution is 9.10. The van der Waals surface area contributed by atoms with Gasteiger partial charge < -0.3 is 39.1 Å². The van der Waals surface area contributed by atoms with Gasteiger partial charge in [0.25, 0.3) is 5.56 Å². The number of anilines is 2. The number of rotatable bonds is 10. The van der Waals surface area contributed by atoms with Crippen LogP contribution in [0.4, 0.5) is 11.4 Å². The number of fused-ring (bicyclic) bond motifs is 1. The Bertz CT molecular complexity index is 1540. The fourth-order valence-electron chi connectivity index (χ4n) is 5.10. The lowest BCUT2D eigenvalue weighted by Crippen LogP contribution is -2.44. The average Bonchev–Trinajstić information content (AvgIpc) is 3.38. The number of H-pyrrole nitrogens is 2. The van der Waals surface area contributed by atoms with Crippen LogP contribution in [0.5, 0.6) is 5.75 Å². The van der Waals surface area contributed by atoms with Gasteiger partial charge >= 0.3 is 0 Å². The SMILES string of the molecule is COCC1CN(c2cc(C)c3nc(-c4c(NC[C@@H](OC)c5ccc(OC)c(Br)c5)cc[nH]c4=O)[nH]c3c2)CCO1. The van der Waals surface area contributed by atoms with Crippen molar-refractivity contribution in [1.29, 1.82) is 0 Å². The van der Waals surface area contributed by atoms with Crippen LogP contribution in [0.2, 0.25) is 0 Å². The van der Waals surface area contributed by atoms with E-state index < -0.39 is 0 Å². The minimum absolute atomic E-state index is 0.0264. The summed E-state index contributed by atoms with van der Waals surface area (Å²) in [6.07, 6.45) is 1.39. The lowest BCUT2D eigenvalue weighted by molar-refractivity contribution is -0.0100. The standard InChI is InChI=1S/C29H34BrN5O5/c1-17-11-19(35-9-10-40-20(15-35)16-37-2)13-23-27(17)34-28(33-23)26-22(7-8-31-29(26)36)32-14-25(39-4)18-5-6-24(38-3)21(30)12-18/h5-8,11-13,20,25H,9-10,14-16H2,1-4H3,(H,33,34)(H2,31,32,36)/t20?,25-/m1/s1. The number of aromatic nitrogens is 3. The summed E-state index contributed by atoms with van der Waals surface area (Å²) >= 11 is 3.54. The maximum absolute atomic E-state index is 13.1. The Morgan fingerprint density at radius 2 is 2.08 bits per heavy atom. The number of nitrogens with one attached hydrogen (secondary N) is 3. The molecule has 0 aliphatic carbocycles. The molecule has 2 aromatic carbocycles. The molecule has 0 radical (unpaired) electrons. The van der Waals surface area contributed by atoms with Crippen LogP contribution >= 0.6 is 15.9 Å². The van der Waals surface area contributed by atoms with E-state index >= 15 is 0 Å². The van der Waals surface area contributed by atoms with Crippen LogP contribution in [0.1, 0.15) is 17.2 Å². The van der Waals surface area contributed by atoms with E-state index in [2.05, 4.69) is 48.2 Å². The van der Waals surface area contributed by atoms with Crippen molar-refractivity contribution in [3.8, 4) is 17.1 Å². The van der Waals surface area contributed by atoms with Crippen molar-refractivity contribution >= 4 is 38.3 Å². The van der Waals surface area contributed by atoms with Gasteiger partial charge in [0.15, 0.2) is 0 Å². The largest absolute Gasteiger partial charge is 0.496 e. The van der Waals surface area contributed by atoms with Crippen molar-refractivity contribution in [3.05, 3.63) is 68.5 Å². The molecule has 0 bridgehead atoms. The molecule has 40 heavy (non-hydrogen) atoms. The van der Waals surface area contributed by atoms with E-state index in [0.717, 1.165) is 51.2 Å². The van der Waals surface area contributed by atoms with E-state index in [0.29, 0.717) is 36.8 Å². The van der Waals surface area contributed by atoms with Gasteiger partial charge in [-0.2, -0.15) is 0 Å². The van der Waals surface area contributed by atoms with Crippen molar-refractivity contribution in [2.24, 2.45) is 0 Å². The fraction of sp³-hybridized carbons (Fsp3) is 0.379. The maximum Gasteiger partial charge on any atom is 0.261 e. The van der Waals surface area contributed by atoms with Crippen LogP contribution in [-0.4, -0.2) is 75.2 Å². The Morgan fingerprint density at radius 3 is 2.83 bits per heavy atom. The van der Waals surface area contributed by atoms with Gasteiger partial charge in [-0.1, -0.05) is 6.07 Å². The van der Waals surface area contributed by atoms with E-state index in [1.807, 2.05) is 31.2 Å². The van der Waals surface area contributed by atoms with Crippen molar-refractivity contribution in [2.45, 2.75) is 19.1 Å². The number of hydrogen-bond acceptors (Lipinski definition) is 8. The molecule has 212 valence electrons. The number of pyridine rings is 1. The van der Waals surface area contributed by atoms with Gasteiger partial charge in [-0.05, 0) is 64.3 Å². The molecular formula is C29H34BrN5O5. The second-order valence-corrected chi connectivity index (χ2v) is 10.6. The third-order valence-electron chi connectivity index (χ3n) is 7.13. The van der Waals surface area contributed by atoms with Crippen LogP contribution in [0.3, 0.4) is 0 Å². The summed E-state index contributed by atoms with van der Waals surface area (Å²) in [5.74, 6) is 1.25.